The fourth-order valence-corrected chi connectivity index (χ4v) is 5.75. The number of carbonyl (C=O) groups excluding carboxylic acids is 1. The van der Waals surface area contributed by atoms with Crippen molar-refractivity contribution in [1.29, 1.82) is 0 Å². The van der Waals surface area contributed by atoms with Crippen molar-refractivity contribution in [2.45, 2.75) is 17.9 Å². The van der Waals surface area contributed by atoms with Gasteiger partial charge in [-0.25, -0.2) is 8.42 Å². The van der Waals surface area contributed by atoms with Crippen molar-refractivity contribution in [3.63, 3.8) is 0 Å². The van der Waals surface area contributed by atoms with Gasteiger partial charge in [-0.05, 0) is 23.6 Å². The summed E-state index contributed by atoms with van der Waals surface area (Å²) in [4.78, 5) is 18.2. The predicted octanol–water partition coefficient (Wildman–Crippen LogP) is 1.92. The van der Waals surface area contributed by atoms with Crippen LogP contribution in [0.5, 0.6) is 0 Å². The molecule has 26 heavy (non-hydrogen) atoms. The van der Waals surface area contributed by atoms with Gasteiger partial charge in [0.15, 0.2) is 0 Å². The maximum Gasteiger partial charge on any atom is 0.244 e. The maximum absolute atomic E-state index is 12.9. The van der Waals surface area contributed by atoms with Crippen LogP contribution in [0.3, 0.4) is 0 Å². The van der Waals surface area contributed by atoms with E-state index >= 15 is 0 Å². The fourth-order valence-electron chi connectivity index (χ4n) is 4.25. The Bertz CT molecular complexity index is 902. The average molecular weight is 371 g/mol. The van der Waals surface area contributed by atoms with E-state index < -0.39 is 10.0 Å². The van der Waals surface area contributed by atoms with E-state index in [1.165, 1.54) is 6.20 Å². The van der Waals surface area contributed by atoms with Crippen LogP contribution in [0, 0.1) is 11.8 Å². The van der Waals surface area contributed by atoms with Crippen molar-refractivity contribution in [3.8, 4) is 0 Å². The second-order valence-electron chi connectivity index (χ2n) is 6.96. The van der Waals surface area contributed by atoms with E-state index in [-0.39, 0.29) is 28.7 Å². The van der Waals surface area contributed by atoms with Crippen LogP contribution in [0.1, 0.15) is 18.5 Å². The molecule has 0 radical (unpaired) electrons. The van der Waals surface area contributed by atoms with Crippen molar-refractivity contribution in [2.75, 3.05) is 19.6 Å². The second-order valence-corrected chi connectivity index (χ2v) is 8.90. The van der Waals surface area contributed by atoms with Gasteiger partial charge in [-0.2, -0.15) is 4.31 Å². The molecule has 6 nitrogen and oxygen atoms in total. The molecule has 0 unspecified atom stereocenters. The van der Waals surface area contributed by atoms with Gasteiger partial charge in [0.05, 0.1) is 6.04 Å². The monoisotopic (exact) mass is 371 g/mol. The van der Waals surface area contributed by atoms with Crippen LogP contribution in [-0.4, -0.2) is 48.1 Å². The highest BCUT2D eigenvalue weighted by atomic mass is 32.2. The molecular formula is C19H21N3O3S. The van der Waals surface area contributed by atoms with E-state index in [0.717, 1.165) is 5.56 Å². The van der Waals surface area contributed by atoms with Crippen LogP contribution >= 0.6 is 0 Å². The van der Waals surface area contributed by atoms with E-state index in [2.05, 4.69) is 4.98 Å². The lowest BCUT2D eigenvalue weighted by Crippen LogP contribution is -2.36. The lowest BCUT2D eigenvalue weighted by molar-refractivity contribution is -0.130. The molecule has 2 aromatic rings. The smallest absolute Gasteiger partial charge is 0.244 e. The number of pyridine rings is 1. The molecule has 136 valence electrons. The number of rotatable bonds is 3. The second kappa shape index (κ2) is 6.48. The molecule has 1 aromatic carbocycles. The molecule has 2 aliphatic rings. The Kier molecular flexibility index (Phi) is 4.28. The minimum Gasteiger partial charge on any atom is -0.335 e. The zero-order valence-electron chi connectivity index (χ0n) is 14.5. The lowest BCUT2D eigenvalue weighted by Gasteiger charge is -2.29. The summed E-state index contributed by atoms with van der Waals surface area (Å²) in [6.45, 7) is 3.04. The van der Waals surface area contributed by atoms with Gasteiger partial charge in [0.2, 0.25) is 15.9 Å². The maximum atomic E-state index is 12.9. The summed E-state index contributed by atoms with van der Waals surface area (Å²) in [6.07, 6.45) is 2.95. The molecule has 1 amide bonds. The van der Waals surface area contributed by atoms with Crippen molar-refractivity contribution in [3.05, 3.63) is 60.4 Å². The number of aromatic nitrogens is 1. The summed E-state index contributed by atoms with van der Waals surface area (Å²) in [6, 6.07) is 13.0. The average Bonchev–Trinajstić information content (AvgIpc) is 3.21. The molecule has 0 spiro atoms. The molecule has 7 heteroatoms. The Morgan fingerprint density at radius 1 is 1.08 bits per heavy atom. The quantitative estimate of drug-likeness (QED) is 0.827. The van der Waals surface area contributed by atoms with Crippen LogP contribution in [0.25, 0.3) is 0 Å². The number of carbonyl (C=O) groups is 1. The number of sulfonamides is 1. The first-order chi connectivity index (χ1) is 12.5. The van der Waals surface area contributed by atoms with Gasteiger partial charge in [0, 0.05) is 44.9 Å². The number of benzene rings is 1. The van der Waals surface area contributed by atoms with E-state index in [1.54, 1.807) is 29.6 Å². The van der Waals surface area contributed by atoms with E-state index in [0.29, 0.717) is 19.6 Å². The number of nitrogens with zero attached hydrogens (tertiary/aromatic N) is 3. The van der Waals surface area contributed by atoms with Crippen molar-refractivity contribution in [2.24, 2.45) is 11.8 Å². The third kappa shape index (κ3) is 2.81. The van der Waals surface area contributed by atoms with Gasteiger partial charge in [0.1, 0.15) is 4.90 Å². The summed E-state index contributed by atoms with van der Waals surface area (Å²) in [7, 11) is -3.56. The number of hydrogen-bond donors (Lipinski definition) is 0. The van der Waals surface area contributed by atoms with Gasteiger partial charge >= 0.3 is 0 Å². The third-order valence-electron chi connectivity index (χ3n) is 5.45. The first-order valence-corrected chi connectivity index (χ1v) is 10.1. The molecule has 0 saturated carbocycles. The van der Waals surface area contributed by atoms with Gasteiger partial charge in [-0.15, -0.1) is 0 Å². The van der Waals surface area contributed by atoms with Crippen LogP contribution in [0.15, 0.2) is 59.8 Å². The van der Waals surface area contributed by atoms with Gasteiger partial charge in [-0.1, -0.05) is 30.3 Å². The van der Waals surface area contributed by atoms with Crippen molar-refractivity contribution < 1.29 is 13.2 Å². The SMILES string of the molecule is CC(=O)N1C[C@H]2CN(S(=O)(=O)c3cccnc3)C[C@H]2[C@@H]1c1ccccc1. The van der Waals surface area contributed by atoms with Crippen LogP contribution in [0.2, 0.25) is 0 Å². The summed E-state index contributed by atoms with van der Waals surface area (Å²) in [5, 5.41) is 0. The Balaban J connectivity index is 1.64. The van der Waals surface area contributed by atoms with E-state index in [4.69, 9.17) is 0 Å². The normalized spacial score (nSPS) is 26.0. The standard InChI is InChI=1S/C19H21N3O3S/c1-14(23)22-12-16-11-21(26(24,25)17-8-5-9-20-10-17)13-18(16)19(22)15-6-3-2-4-7-15/h2-10,16,18-19H,11-13H2,1H3/t16-,18-,19+/m1/s1. The van der Waals surface area contributed by atoms with Crippen LogP contribution in [0.4, 0.5) is 0 Å². The molecule has 0 bridgehead atoms. The number of amides is 1. The summed E-state index contributed by atoms with van der Waals surface area (Å²) in [5.74, 6) is 0.290. The van der Waals surface area contributed by atoms with Crippen molar-refractivity contribution >= 4 is 15.9 Å². The zero-order chi connectivity index (χ0) is 18.3. The predicted molar refractivity (Wildman–Crippen MR) is 96.5 cm³/mol. The Hall–Kier alpha value is -2.25. The van der Waals surface area contributed by atoms with E-state index in [9.17, 15) is 13.2 Å². The Labute approximate surface area is 153 Å². The van der Waals surface area contributed by atoms with Crippen LogP contribution in [-0.2, 0) is 14.8 Å². The number of likely N-dealkylation sites (tertiary alicyclic amines) is 1. The number of hydrogen-bond acceptors (Lipinski definition) is 4. The zero-order valence-corrected chi connectivity index (χ0v) is 15.3. The highest BCUT2D eigenvalue weighted by molar-refractivity contribution is 7.89. The minimum absolute atomic E-state index is 0.0370. The molecule has 0 aliphatic carbocycles. The first kappa shape index (κ1) is 17.2. The third-order valence-corrected chi connectivity index (χ3v) is 7.26. The largest absolute Gasteiger partial charge is 0.335 e. The Morgan fingerprint density at radius 2 is 1.85 bits per heavy atom. The number of fused-ring (bicyclic) bond motifs is 1. The molecule has 2 saturated heterocycles. The summed E-state index contributed by atoms with van der Waals surface area (Å²) >= 11 is 0. The van der Waals surface area contributed by atoms with Crippen molar-refractivity contribution in [1.82, 2.24) is 14.2 Å². The first-order valence-electron chi connectivity index (χ1n) is 8.71. The molecule has 3 atom stereocenters. The fraction of sp³-hybridized carbons (Fsp3) is 0.368. The highest BCUT2D eigenvalue weighted by Crippen LogP contribution is 2.46. The summed E-state index contributed by atoms with van der Waals surface area (Å²) in [5.41, 5.74) is 1.07. The Morgan fingerprint density at radius 3 is 2.50 bits per heavy atom. The molecule has 3 heterocycles. The molecular weight excluding hydrogens is 350 g/mol. The summed E-state index contributed by atoms with van der Waals surface area (Å²) < 4.78 is 27.4. The van der Waals surface area contributed by atoms with Gasteiger partial charge in [0.25, 0.3) is 0 Å². The highest BCUT2D eigenvalue weighted by Gasteiger charge is 2.50. The topological polar surface area (TPSA) is 70.6 Å². The van der Waals surface area contributed by atoms with Gasteiger partial charge in [-0.3, -0.25) is 9.78 Å². The lowest BCUT2D eigenvalue weighted by atomic mass is 9.89. The molecule has 2 aliphatic heterocycles. The van der Waals surface area contributed by atoms with E-state index in [1.807, 2.05) is 35.2 Å². The molecule has 2 fully saturated rings. The van der Waals surface area contributed by atoms with Gasteiger partial charge < -0.3 is 4.90 Å². The minimum atomic E-state index is -3.56. The molecule has 4 rings (SSSR count). The van der Waals surface area contributed by atoms with Crippen LogP contribution < -0.4 is 0 Å². The molecule has 0 N–H and O–H groups in total. The molecule has 1 aromatic heterocycles.